The summed E-state index contributed by atoms with van der Waals surface area (Å²) >= 11 is 1.62. The number of benzene rings is 2. The van der Waals surface area contributed by atoms with Crippen molar-refractivity contribution in [3.63, 3.8) is 0 Å². The molecule has 1 amide bonds. The lowest BCUT2D eigenvalue weighted by atomic mass is 10.1. The quantitative estimate of drug-likeness (QED) is 0.536. The van der Waals surface area contributed by atoms with E-state index in [9.17, 15) is 4.79 Å². The van der Waals surface area contributed by atoms with Crippen LogP contribution in [-0.2, 0) is 4.79 Å². The minimum Gasteiger partial charge on any atom is -0.339 e. The highest BCUT2D eigenvalue weighted by atomic mass is 32.2. The smallest absolute Gasteiger partial charge is 0.244 e. The van der Waals surface area contributed by atoms with E-state index in [-0.39, 0.29) is 11.9 Å². The maximum atomic E-state index is 12.7. The van der Waals surface area contributed by atoms with E-state index >= 15 is 0 Å². The van der Waals surface area contributed by atoms with Gasteiger partial charge in [-0.1, -0.05) is 53.2 Å². The summed E-state index contributed by atoms with van der Waals surface area (Å²) < 4.78 is 5.55. The van der Waals surface area contributed by atoms with Crippen molar-refractivity contribution in [3.8, 4) is 11.4 Å². The molecule has 3 aromatic rings. The highest BCUT2D eigenvalue weighted by molar-refractivity contribution is 8.00. The Labute approximate surface area is 187 Å². The zero-order valence-electron chi connectivity index (χ0n) is 18.2. The summed E-state index contributed by atoms with van der Waals surface area (Å²) in [5, 5.41) is 4.16. The van der Waals surface area contributed by atoms with Crippen LogP contribution < -0.4 is 0 Å². The van der Waals surface area contributed by atoms with Crippen molar-refractivity contribution in [1.82, 2.24) is 19.9 Å². The number of amides is 1. The molecule has 2 aromatic carbocycles. The number of carbonyl (C=O) groups excluding carboxylic acids is 1. The fourth-order valence-electron chi connectivity index (χ4n) is 3.69. The summed E-state index contributed by atoms with van der Waals surface area (Å²) in [4.78, 5) is 22.7. The Hall–Kier alpha value is -2.64. The molecule has 6 nitrogen and oxygen atoms in total. The second-order valence-electron chi connectivity index (χ2n) is 7.97. The summed E-state index contributed by atoms with van der Waals surface area (Å²) in [6.45, 7) is 9.24. The highest BCUT2D eigenvalue weighted by Crippen LogP contribution is 2.25. The summed E-state index contributed by atoms with van der Waals surface area (Å²) in [5.41, 5.74) is 3.36. The standard InChI is InChI=1S/C24H28N4O2S/c1-17-8-10-20(11-9-17)23-25-24(30-26-23)19(3)27-12-14-28(15-13-27)22(29)16-31-21-7-5-4-6-18(21)2/h4-11,19H,12-16H2,1-3H3. The van der Waals surface area contributed by atoms with E-state index in [0.29, 0.717) is 17.5 Å². The number of piperazine rings is 1. The van der Waals surface area contributed by atoms with Crippen LogP contribution in [0.2, 0.25) is 0 Å². The predicted octanol–water partition coefficient (Wildman–Crippen LogP) is 4.35. The molecule has 1 saturated heterocycles. The summed E-state index contributed by atoms with van der Waals surface area (Å²) in [5.74, 6) is 1.90. The maximum absolute atomic E-state index is 12.7. The van der Waals surface area contributed by atoms with Gasteiger partial charge in [0.25, 0.3) is 0 Å². The van der Waals surface area contributed by atoms with Crippen LogP contribution in [0, 0.1) is 13.8 Å². The number of aromatic nitrogens is 2. The molecule has 162 valence electrons. The lowest BCUT2D eigenvalue weighted by Crippen LogP contribution is -2.49. The normalized spacial score (nSPS) is 15.8. The van der Waals surface area contributed by atoms with Crippen LogP contribution in [0.4, 0.5) is 0 Å². The molecule has 1 aliphatic rings. The SMILES string of the molecule is Cc1ccc(-c2noc(C(C)N3CCN(C(=O)CSc4ccccc4C)CC3)n2)cc1. The zero-order valence-corrected chi connectivity index (χ0v) is 19.1. The second-order valence-corrected chi connectivity index (χ2v) is 8.99. The van der Waals surface area contributed by atoms with Gasteiger partial charge in [0.15, 0.2) is 0 Å². The molecule has 1 fully saturated rings. The van der Waals surface area contributed by atoms with Gasteiger partial charge >= 0.3 is 0 Å². The fraction of sp³-hybridized carbons (Fsp3) is 0.375. The molecule has 31 heavy (non-hydrogen) atoms. The van der Waals surface area contributed by atoms with Gasteiger partial charge in [-0.2, -0.15) is 4.98 Å². The van der Waals surface area contributed by atoms with Gasteiger partial charge in [0.1, 0.15) is 0 Å². The minimum absolute atomic E-state index is 0.0188. The van der Waals surface area contributed by atoms with E-state index in [2.05, 4.69) is 47.9 Å². The molecule has 4 rings (SSSR count). The van der Waals surface area contributed by atoms with Crippen molar-refractivity contribution < 1.29 is 9.32 Å². The molecule has 0 spiro atoms. The average Bonchev–Trinajstić information content (AvgIpc) is 3.29. The molecule has 0 saturated carbocycles. The maximum Gasteiger partial charge on any atom is 0.244 e. The van der Waals surface area contributed by atoms with E-state index in [1.54, 1.807) is 11.8 Å². The first kappa shape index (κ1) is 21.6. The molecule has 1 aromatic heterocycles. The largest absolute Gasteiger partial charge is 0.339 e. The molecule has 7 heteroatoms. The van der Waals surface area contributed by atoms with E-state index in [1.807, 2.05) is 41.3 Å². The molecule has 0 bridgehead atoms. The average molecular weight is 437 g/mol. The third-order valence-electron chi connectivity index (χ3n) is 5.77. The predicted molar refractivity (Wildman–Crippen MR) is 123 cm³/mol. The first-order chi connectivity index (χ1) is 15.0. The zero-order chi connectivity index (χ0) is 21.8. The number of hydrogen-bond donors (Lipinski definition) is 0. The van der Waals surface area contributed by atoms with Crippen LogP contribution in [0.25, 0.3) is 11.4 Å². The van der Waals surface area contributed by atoms with Gasteiger partial charge in [-0.3, -0.25) is 9.69 Å². The lowest BCUT2D eigenvalue weighted by Gasteiger charge is -2.36. The van der Waals surface area contributed by atoms with Crippen molar-refractivity contribution in [1.29, 1.82) is 0 Å². The second kappa shape index (κ2) is 9.66. The van der Waals surface area contributed by atoms with Gasteiger partial charge in [0, 0.05) is 36.6 Å². The Balaban J connectivity index is 1.30. The van der Waals surface area contributed by atoms with Gasteiger partial charge in [0.2, 0.25) is 17.6 Å². The lowest BCUT2D eigenvalue weighted by molar-refractivity contribution is -0.130. The van der Waals surface area contributed by atoms with Crippen LogP contribution in [0.1, 0.15) is 30.0 Å². The highest BCUT2D eigenvalue weighted by Gasteiger charge is 2.27. The van der Waals surface area contributed by atoms with Gasteiger partial charge in [-0.25, -0.2) is 0 Å². The number of carbonyl (C=O) groups is 1. The van der Waals surface area contributed by atoms with E-state index in [4.69, 9.17) is 4.52 Å². The monoisotopic (exact) mass is 436 g/mol. The van der Waals surface area contributed by atoms with Crippen LogP contribution in [0.5, 0.6) is 0 Å². The Morgan fingerprint density at radius 1 is 1.06 bits per heavy atom. The molecule has 1 atom stereocenters. The van der Waals surface area contributed by atoms with Crippen LogP contribution in [0.15, 0.2) is 57.9 Å². The summed E-state index contributed by atoms with van der Waals surface area (Å²) in [6, 6.07) is 16.3. The molecular formula is C24H28N4O2S. The third kappa shape index (κ3) is 5.17. The van der Waals surface area contributed by atoms with Crippen molar-refractivity contribution in [3.05, 3.63) is 65.5 Å². The van der Waals surface area contributed by atoms with E-state index < -0.39 is 0 Å². The van der Waals surface area contributed by atoms with Crippen molar-refractivity contribution in [2.24, 2.45) is 0 Å². The summed E-state index contributed by atoms with van der Waals surface area (Å²) in [7, 11) is 0. The molecular weight excluding hydrogens is 408 g/mol. The van der Waals surface area contributed by atoms with Gasteiger partial charge in [-0.15, -0.1) is 11.8 Å². The first-order valence-electron chi connectivity index (χ1n) is 10.6. The van der Waals surface area contributed by atoms with Crippen molar-refractivity contribution in [2.75, 3.05) is 31.9 Å². The van der Waals surface area contributed by atoms with Gasteiger partial charge in [0.05, 0.1) is 11.8 Å². The number of aryl methyl sites for hydroxylation is 2. The number of rotatable bonds is 6. The van der Waals surface area contributed by atoms with Gasteiger partial charge < -0.3 is 9.42 Å². The molecule has 0 aliphatic carbocycles. The number of hydrogen-bond acceptors (Lipinski definition) is 6. The van der Waals surface area contributed by atoms with E-state index in [0.717, 1.165) is 31.7 Å². The van der Waals surface area contributed by atoms with Gasteiger partial charge in [-0.05, 0) is 32.4 Å². The van der Waals surface area contributed by atoms with Crippen LogP contribution in [0.3, 0.4) is 0 Å². The Morgan fingerprint density at radius 2 is 1.77 bits per heavy atom. The Bertz CT molecular complexity index is 1030. The third-order valence-corrected chi connectivity index (χ3v) is 6.93. The van der Waals surface area contributed by atoms with Crippen LogP contribution in [-0.4, -0.2) is 57.8 Å². The molecule has 1 aliphatic heterocycles. The number of nitrogens with zero attached hydrogens (tertiary/aromatic N) is 4. The van der Waals surface area contributed by atoms with Crippen molar-refractivity contribution in [2.45, 2.75) is 31.7 Å². The molecule has 1 unspecified atom stereocenters. The number of thioether (sulfide) groups is 1. The Morgan fingerprint density at radius 3 is 2.48 bits per heavy atom. The van der Waals surface area contributed by atoms with E-state index in [1.165, 1.54) is 16.0 Å². The molecule has 0 radical (unpaired) electrons. The Kier molecular flexibility index (Phi) is 6.73. The topological polar surface area (TPSA) is 62.5 Å². The first-order valence-corrected chi connectivity index (χ1v) is 11.6. The minimum atomic E-state index is 0.0188. The fourth-order valence-corrected chi connectivity index (χ4v) is 4.62. The summed E-state index contributed by atoms with van der Waals surface area (Å²) in [6.07, 6.45) is 0. The van der Waals surface area contributed by atoms with Crippen LogP contribution >= 0.6 is 11.8 Å². The van der Waals surface area contributed by atoms with Crippen molar-refractivity contribution >= 4 is 17.7 Å². The molecule has 2 heterocycles. The molecule has 0 N–H and O–H groups in total.